The number of nitrogens with zero attached hydrogens (tertiary/aromatic N) is 4. The molecule has 212 valence electrons. The summed E-state index contributed by atoms with van der Waals surface area (Å²) >= 11 is 0. The van der Waals surface area contributed by atoms with Gasteiger partial charge in [-0.05, 0) is 42.8 Å². The maximum Gasteiger partial charge on any atom is 0.353 e. The molecule has 41 heavy (non-hydrogen) atoms. The van der Waals surface area contributed by atoms with E-state index in [0.29, 0.717) is 28.9 Å². The molecule has 5 rings (SSSR count). The molecule has 9 nitrogen and oxygen atoms in total. The highest BCUT2D eigenvalue weighted by Crippen LogP contribution is 2.33. The van der Waals surface area contributed by atoms with E-state index in [2.05, 4.69) is 24.6 Å². The molecular formula is C30H32N4O5SSi. The zero-order valence-corrected chi connectivity index (χ0v) is 25.2. The van der Waals surface area contributed by atoms with Gasteiger partial charge in [-0.2, -0.15) is 5.10 Å². The van der Waals surface area contributed by atoms with Gasteiger partial charge in [-0.15, -0.1) is 0 Å². The van der Waals surface area contributed by atoms with Crippen molar-refractivity contribution in [2.24, 2.45) is 0 Å². The van der Waals surface area contributed by atoms with Crippen LogP contribution in [-0.4, -0.2) is 52.9 Å². The molecule has 3 heterocycles. The van der Waals surface area contributed by atoms with E-state index in [-0.39, 0.29) is 17.3 Å². The van der Waals surface area contributed by atoms with E-state index in [1.54, 1.807) is 23.0 Å². The van der Waals surface area contributed by atoms with E-state index in [1.165, 1.54) is 24.4 Å². The van der Waals surface area contributed by atoms with Crippen molar-refractivity contribution in [1.29, 1.82) is 0 Å². The number of rotatable bonds is 10. The van der Waals surface area contributed by atoms with Gasteiger partial charge in [0, 0.05) is 43.6 Å². The molecule has 0 radical (unpaired) electrons. The Labute approximate surface area is 240 Å². The summed E-state index contributed by atoms with van der Waals surface area (Å²) in [6.45, 7) is 9.43. The zero-order chi connectivity index (χ0) is 29.4. The second-order valence-electron chi connectivity index (χ2n) is 11.2. The molecule has 3 aromatic heterocycles. The van der Waals surface area contributed by atoms with Crippen LogP contribution in [0.5, 0.6) is 0 Å². The van der Waals surface area contributed by atoms with Gasteiger partial charge in [-0.3, -0.25) is 0 Å². The number of aromatic nitrogens is 4. The number of hydrogen-bond acceptors (Lipinski definition) is 6. The van der Waals surface area contributed by atoms with E-state index in [0.717, 1.165) is 26.7 Å². The largest absolute Gasteiger partial charge is 0.477 e. The van der Waals surface area contributed by atoms with Gasteiger partial charge in [0.1, 0.15) is 18.1 Å². The Kier molecular flexibility index (Phi) is 7.69. The summed E-state index contributed by atoms with van der Waals surface area (Å²) in [6, 6.07) is 20.3. The molecule has 0 fully saturated rings. The summed E-state index contributed by atoms with van der Waals surface area (Å²) in [4.78, 5) is 16.9. The molecule has 0 spiro atoms. The third kappa shape index (κ3) is 6.02. The topological polar surface area (TPSA) is 116 Å². The van der Waals surface area contributed by atoms with Crippen LogP contribution in [0.2, 0.25) is 25.7 Å². The average molecular weight is 589 g/mol. The highest BCUT2D eigenvalue weighted by atomic mass is 32.2. The molecule has 0 saturated carbocycles. The first kappa shape index (κ1) is 28.5. The molecule has 0 unspecified atom stereocenters. The summed E-state index contributed by atoms with van der Waals surface area (Å²) in [6.07, 6.45) is 3.07. The lowest BCUT2D eigenvalue weighted by atomic mass is 10.1. The lowest BCUT2D eigenvalue weighted by molar-refractivity contribution is 0.0689. The van der Waals surface area contributed by atoms with Crippen molar-refractivity contribution < 1.29 is 23.1 Å². The SMILES string of the molecule is Cc1ccc(S(=O)(=O)n2cc(-c3nn(COCC[Si](C)(C)C)c4ncc(-c5ccccc5)cc34)cc2C(=O)O)cc1. The lowest BCUT2D eigenvalue weighted by Gasteiger charge is -2.15. The predicted molar refractivity (Wildman–Crippen MR) is 161 cm³/mol. The summed E-state index contributed by atoms with van der Waals surface area (Å²) in [5.41, 5.74) is 3.62. The van der Waals surface area contributed by atoms with Gasteiger partial charge < -0.3 is 9.84 Å². The monoisotopic (exact) mass is 588 g/mol. The first-order chi connectivity index (χ1) is 19.4. The van der Waals surface area contributed by atoms with E-state index in [9.17, 15) is 18.3 Å². The molecule has 0 saturated heterocycles. The van der Waals surface area contributed by atoms with Crippen LogP contribution >= 0.6 is 0 Å². The van der Waals surface area contributed by atoms with Crippen LogP contribution in [0, 0.1) is 6.92 Å². The molecule has 0 amide bonds. The third-order valence-electron chi connectivity index (χ3n) is 6.76. The van der Waals surface area contributed by atoms with Crippen LogP contribution in [0.15, 0.2) is 84.0 Å². The molecule has 0 bridgehead atoms. The number of ether oxygens (including phenoxy) is 1. The van der Waals surface area contributed by atoms with E-state index >= 15 is 0 Å². The molecule has 2 aromatic carbocycles. The van der Waals surface area contributed by atoms with Gasteiger partial charge in [0.15, 0.2) is 5.65 Å². The van der Waals surface area contributed by atoms with E-state index in [4.69, 9.17) is 9.84 Å². The molecule has 0 aliphatic rings. The lowest BCUT2D eigenvalue weighted by Crippen LogP contribution is -2.22. The molecular weight excluding hydrogens is 557 g/mol. The number of benzene rings is 2. The van der Waals surface area contributed by atoms with Crippen LogP contribution in [0.1, 0.15) is 16.1 Å². The van der Waals surface area contributed by atoms with Gasteiger partial charge in [-0.1, -0.05) is 67.7 Å². The van der Waals surface area contributed by atoms with E-state index < -0.39 is 24.1 Å². The number of fused-ring (bicyclic) bond motifs is 1. The molecule has 0 atom stereocenters. The van der Waals surface area contributed by atoms with Gasteiger partial charge in [0.25, 0.3) is 10.0 Å². The van der Waals surface area contributed by atoms with Gasteiger partial charge in [0.05, 0.1) is 4.90 Å². The standard InChI is InChI=1S/C30H32N4O5SSi/c1-21-10-12-25(13-11-21)40(37,38)34-19-24(17-27(34)30(35)36)28-26-16-23(22-8-6-5-7-9-22)18-31-29(26)33(32-28)20-39-14-15-41(2,3)4/h5-13,16-19H,14-15,20H2,1-4H3,(H,35,36). The highest BCUT2D eigenvalue weighted by molar-refractivity contribution is 7.90. The van der Waals surface area contributed by atoms with Crippen molar-refractivity contribution in [3.63, 3.8) is 0 Å². The Morgan fingerprint density at radius 3 is 2.34 bits per heavy atom. The number of carboxylic acids is 1. The first-order valence-electron chi connectivity index (χ1n) is 13.2. The fraction of sp³-hybridized carbons (Fsp3) is 0.233. The maximum atomic E-state index is 13.5. The van der Waals surface area contributed by atoms with Gasteiger partial charge in [0.2, 0.25) is 0 Å². The van der Waals surface area contributed by atoms with Crippen molar-refractivity contribution in [3.05, 3.63) is 90.4 Å². The Bertz CT molecular complexity index is 1820. The van der Waals surface area contributed by atoms with Crippen LogP contribution in [0.25, 0.3) is 33.4 Å². The number of carbonyl (C=O) groups is 1. The quantitative estimate of drug-likeness (QED) is 0.154. The zero-order valence-electron chi connectivity index (χ0n) is 23.4. The molecule has 1 N–H and O–H groups in total. The summed E-state index contributed by atoms with van der Waals surface area (Å²) in [5, 5.41) is 15.4. The van der Waals surface area contributed by atoms with Crippen LogP contribution in [0.4, 0.5) is 0 Å². The normalized spacial score (nSPS) is 12.2. The molecule has 0 aliphatic heterocycles. The van der Waals surface area contributed by atoms with Gasteiger partial charge >= 0.3 is 5.97 Å². The average Bonchev–Trinajstić information content (AvgIpc) is 3.54. The second kappa shape index (κ2) is 11.1. The molecule has 5 aromatic rings. The molecule has 0 aliphatic carbocycles. The fourth-order valence-electron chi connectivity index (χ4n) is 4.43. The van der Waals surface area contributed by atoms with Crippen LogP contribution in [-0.2, 0) is 21.5 Å². The Morgan fingerprint density at radius 2 is 1.68 bits per heavy atom. The molecule has 11 heteroatoms. The predicted octanol–water partition coefficient (Wildman–Crippen LogP) is 6.12. The van der Waals surface area contributed by atoms with Crippen molar-refractivity contribution >= 4 is 35.1 Å². The first-order valence-corrected chi connectivity index (χ1v) is 18.4. The number of aryl methyl sites for hydroxylation is 1. The van der Waals surface area contributed by atoms with Crippen LogP contribution < -0.4 is 0 Å². The van der Waals surface area contributed by atoms with E-state index in [1.807, 2.05) is 43.3 Å². The minimum absolute atomic E-state index is 0.00744. The van der Waals surface area contributed by atoms with Gasteiger partial charge in [-0.25, -0.2) is 26.9 Å². The third-order valence-corrected chi connectivity index (χ3v) is 10.2. The minimum Gasteiger partial charge on any atom is -0.477 e. The Balaban J connectivity index is 1.63. The Morgan fingerprint density at radius 1 is 0.976 bits per heavy atom. The Hall–Kier alpha value is -4.06. The van der Waals surface area contributed by atoms with Crippen molar-refractivity contribution in [2.45, 2.75) is 44.2 Å². The van der Waals surface area contributed by atoms with Crippen molar-refractivity contribution in [1.82, 2.24) is 18.7 Å². The second-order valence-corrected chi connectivity index (χ2v) is 18.6. The minimum atomic E-state index is -4.18. The van der Waals surface area contributed by atoms with Crippen LogP contribution in [0.3, 0.4) is 0 Å². The maximum absolute atomic E-state index is 13.5. The number of pyridine rings is 1. The number of carboxylic acid groups (broad SMARTS) is 1. The van der Waals surface area contributed by atoms with Crippen molar-refractivity contribution in [3.8, 4) is 22.4 Å². The summed E-state index contributed by atoms with van der Waals surface area (Å²) in [5.74, 6) is -1.37. The summed E-state index contributed by atoms with van der Waals surface area (Å²) in [7, 11) is -5.47. The fourth-order valence-corrected chi connectivity index (χ4v) is 6.54. The van der Waals surface area contributed by atoms with Crippen molar-refractivity contribution in [2.75, 3.05) is 6.61 Å². The highest BCUT2D eigenvalue weighted by Gasteiger charge is 2.27. The number of aromatic carboxylic acids is 1. The summed E-state index contributed by atoms with van der Waals surface area (Å²) < 4.78 is 35.4. The smallest absolute Gasteiger partial charge is 0.353 e. The number of hydrogen-bond donors (Lipinski definition) is 1.